The van der Waals surface area contributed by atoms with Crippen molar-refractivity contribution in [1.29, 1.82) is 0 Å². The van der Waals surface area contributed by atoms with E-state index in [0.29, 0.717) is 5.76 Å². The molecule has 4 nitrogen and oxygen atoms in total. The summed E-state index contributed by atoms with van der Waals surface area (Å²) in [6.45, 7) is 7.23. The van der Waals surface area contributed by atoms with E-state index in [-0.39, 0.29) is 6.61 Å². The Labute approximate surface area is 121 Å². The highest BCUT2D eigenvalue weighted by Crippen LogP contribution is 2.28. The third-order valence-electron chi connectivity index (χ3n) is 5.39. The molecule has 4 heteroatoms. The third kappa shape index (κ3) is 2.92. The molecule has 4 atom stereocenters. The van der Waals surface area contributed by atoms with E-state index in [2.05, 4.69) is 12.2 Å². The summed E-state index contributed by atoms with van der Waals surface area (Å²) >= 11 is 0. The zero-order valence-electron chi connectivity index (χ0n) is 12.5. The number of fused-ring (bicyclic) bond motifs is 3. The summed E-state index contributed by atoms with van der Waals surface area (Å²) in [6.07, 6.45) is 4.23. The minimum absolute atomic E-state index is 0.000632. The Kier molecular flexibility index (Phi) is 4.44. The van der Waals surface area contributed by atoms with Crippen LogP contribution in [-0.2, 0) is 13.2 Å². The van der Waals surface area contributed by atoms with E-state index in [9.17, 15) is 0 Å². The van der Waals surface area contributed by atoms with Crippen LogP contribution in [0.5, 0.6) is 0 Å². The van der Waals surface area contributed by atoms with E-state index in [1.165, 1.54) is 38.9 Å². The first kappa shape index (κ1) is 14.1. The average molecular weight is 280 g/mol. The first-order valence-corrected chi connectivity index (χ1v) is 8.14. The van der Waals surface area contributed by atoms with E-state index in [0.717, 1.165) is 30.2 Å². The molecule has 4 heterocycles. The van der Waals surface area contributed by atoms with Crippen molar-refractivity contribution >= 4 is 0 Å². The number of hydrogen-bond acceptors (Lipinski definition) is 2. The van der Waals surface area contributed by atoms with Gasteiger partial charge in [-0.1, -0.05) is 6.92 Å². The molecule has 112 valence electrons. The Bertz CT molecular complexity index is 432. The summed E-state index contributed by atoms with van der Waals surface area (Å²) in [5.41, 5.74) is 0. The Hall–Kier alpha value is -0.840. The van der Waals surface area contributed by atoms with Crippen LogP contribution in [0.3, 0.4) is 0 Å². The molecule has 0 amide bonds. The lowest BCUT2D eigenvalue weighted by atomic mass is 9.74. The quantitative estimate of drug-likeness (QED) is 0.660. The van der Waals surface area contributed by atoms with Crippen LogP contribution in [0.2, 0.25) is 0 Å². The highest BCUT2D eigenvalue weighted by Gasteiger charge is 2.43. The van der Waals surface area contributed by atoms with Gasteiger partial charge in [0.1, 0.15) is 31.5 Å². The zero-order chi connectivity index (χ0) is 13.9. The average Bonchev–Trinajstić information content (AvgIpc) is 2.96. The second kappa shape index (κ2) is 6.29. The Morgan fingerprint density at radius 1 is 1.40 bits per heavy atom. The molecule has 3 saturated heterocycles. The first-order valence-electron chi connectivity index (χ1n) is 8.14. The Morgan fingerprint density at radius 2 is 2.25 bits per heavy atom. The molecule has 1 aromatic heterocycles. The van der Waals surface area contributed by atoms with Crippen molar-refractivity contribution in [3.8, 4) is 0 Å². The van der Waals surface area contributed by atoms with Crippen molar-refractivity contribution in [2.24, 2.45) is 11.8 Å². The van der Waals surface area contributed by atoms with E-state index in [1.807, 2.05) is 17.0 Å². The van der Waals surface area contributed by atoms with Crippen LogP contribution < -0.4 is 10.2 Å². The normalized spacial score (nSPS) is 32.7. The predicted octanol–water partition coefficient (Wildman–Crippen LogP) is -0.461. The first-order chi connectivity index (χ1) is 9.80. The van der Waals surface area contributed by atoms with Crippen molar-refractivity contribution in [3.05, 3.63) is 23.7 Å². The van der Waals surface area contributed by atoms with Gasteiger partial charge in [0.05, 0.1) is 13.1 Å². The summed E-state index contributed by atoms with van der Waals surface area (Å²) in [6, 6.07) is 4.69. The van der Waals surface area contributed by atoms with E-state index >= 15 is 0 Å². The van der Waals surface area contributed by atoms with Gasteiger partial charge in [-0.25, -0.2) is 0 Å². The van der Waals surface area contributed by atoms with E-state index in [4.69, 9.17) is 9.52 Å². The van der Waals surface area contributed by atoms with Gasteiger partial charge in [0.15, 0.2) is 5.76 Å². The zero-order valence-corrected chi connectivity index (χ0v) is 12.5. The highest BCUT2D eigenvalue weighted by atomic mass is 16.4. The van der Waals surface area contributed by atoms with Crippen molar-refractivity contribution in [2.45, 2.75) is 45.4 Å². The molecule has 3 fully saturated rings. The minimum Gasteiger partial charge on any atom is -0.458 e. The monoisotopic (exact) mass is 280 g/mol. The number of rotatable bonds is 6. The number of aliphatic hydroxyl groups excluding tert-OH is 1. The molecule has 2 bridgehead atoms. The van der Waals surface area contributed by atoms with Gasteiger partial charge in [0.25, 0.3) is 0 Å². The van der Waals surface area contributed by atoms with Gasteiger partial charge >= 0.3 is 0 Å². The van der Waals surface area contributed by atoms with Gasteiger partial charge in [-0.15, -0.1) is 0 Å². The Morgan fingerprint density at radius 3 is 2.90 bits per heavy atom. The van der Waals surface area contributed by atoms with Gasteiger partial charge in [0, 0.05) is 18.8 Å². The van der Waals surface area contributed by atoms with Gasteiger partial charge in [-0.3, -0.25) is 0 Å². The second-order valence-corrected chi connectivity index (χ2v) is 6.52. The lowest BCUT2D eigenvalue weighted by molar-refractivity contribution is -0.959. The SMILES string of the molecule is CC[C@H]1C[NH+]2CC[C@H]1C[C@@H]2C[NH2+]Cc1ccc(CO)o1. The summed E-state index contributed by atoms with van der Waals surface area (Å²) in [5, 5.41) is 11.4. The van der Waals surface area contributed by atoms with Crippen LogP contribution in [0, 0.1) is 11.8 Å². The number of nitrogens with two attached hydrogens (primary N) is 1. The standard InChI is InChI=1S/C16H26N2O2/c1-2-12-10-18-6-5-13(12)7-14(18)8-17-9-15-3-4-16(11-19)20-15/h3-4,12-14,17,19H,2,5-11H2,1H3/p+2/t12-,13-,14+/m0/s1. The molecule has 0 saturated carbocycles. The number of furan rings is 1. The molecule has 0 aromatic carbocycles. The van der Waals surface area contributed by atoms with Crippen molar-refractivity contribution in [3.63, 3.8) is 0 Å². The fraction of sp³-hybridized carbons (Fsp3) is 0.750. The van der Waals surface area contributed by atoms with Crippen molar-refractivity contribution in [1.82, 2.24) is 0 Å². The summed E-state index contributed by atoms with van der Waals surface area (Å²) in [7, 11) is 0. The molecule has 3 aliphatic rings. The molecule has 3 aliphatic heterocycles. The minimum atomic E-state index is 0.000632. The summed E-state index contributed by atoms with van der Waals surface area (Å²) < 4.78 is 5.53. The van der Waals surface area contributed by atoms with Crippen LogP contribution in [0.15, 0.2) is 16.5 Å². The summed E-state index contributed by atoms with van der Waals surface area (Å²) in [5.74, 6) is 3.62. The molecule has 0 aliphatic carbocycles. The molecule has 1 unspecified atom stereocenters. The maximum atomic E-state index is 8.99. The number of hydrogen-bond donors (Lipinski definition) is 3. The maximum absolute atomic E-state index is 8.99. The second-order valence-electron chi connectivity index (χ2n) is 6.52. The van der Waals surface area contributed by atoms with Crippen LogP contribution >= 0.6 is 0 Å². The molecule has 4 N–H and O–H groups in total. The smallest absolute Gasteiger partial charge is 0.158 e. The van der Waals surface area contributed by atoms with Crippen molar-refractivity contribution < 1.29 is 19.7 Å². The third-order valence-corrected chi connectivity index (χ3v) is 5.39. The van der Waals surface area contributed by atoms with Crippen LogP contribution in [0.4, 0.5) is 0 Å². The lowest BCUT2D eigenvalue weighted by Gasteiger charge is -2.46. The van der Waals surface area contributed by atoms with Gasteiger partial charge < -0.3 is 19.7 Å². The number of quaternary nitrogens is 2. The fourth-order valence-electron chi connectivity index (χ4n) is 4.21. The number of piperidine rings is 3. The lowest BCUT2D eigenvalue weighted by Crippen LogP contribution is -3.21. The van der Waals surface area contributed by atoms with Gasteiger partial charge in [0.2, 0.25) is 0 Å². The van der Waals surface area contributed by atoms with Crippen LogP contribution in [-0.4, -0.2) is 30.8 Å². The maximum Gasteiger partial charge on any atom is 0.158 e. The molecule has 4 rings (SSSR count). The largest absolute Gasteiger partial charge is 0.458 e. The van der Waals surface area contributed by atoms with Gasteiger partial charge in [-0.05, 0) is 24.5 Å². The van der Waals surface area contributed by atoms with Crippen LogP contribution in [0.25, 0.3) is 0 Å². The van der Waals surface area contributed by atoms with Crippen molar-refractivity contribution in [2.75, 3.05) is 19.6 Å². The van der Waals surface area contributed by atoms with E-state index in [1.54, 1.807) is 0 Å². The molecule has 0 radical (unpaired) electrons. The predicted molar refractivity (Wildman–Crippen MR) is 76.1 cm³/mol. The van der Waals surface area contributed by atoms with E-state index < -0.39 is 0 Å². The fourth-order valence-corrected chi connectivity index (χ4v) is 4.21. The summed E-state index contributed by atoms with van der Waals surface area (Å²) in [4.78, 5) is 1.84. The highest BCUT2D eigenvalue weighted by molar-refractivity contribution is 5.04. The topological polar surface area (TPSA) is 54.4 Å². The number of aliphatic hydroxyl groups is 1. The van der Waals surface area contributed by atoms with Crippen LogP contribution in [0.1, 0.15) is 37.7 Å². The molecule has 20 heavy (non-hydrogen) atoms. The number of nitrogens with one attached hydrogen (secondary N) is 1. The molecule has 0 spiro atoms. The Balaban J connectivity index is 1.45. The molecular weight excluding hydrogens is 252 g/mol. The van der Waals surface area contributed by atoms with Gasteiger partial charge in [-0.2, -0.15) is 0 Å². The molecule has 1 aromatic rings. The molecular formula is C16H28N2O2+2.